The maximum Gasteiger partial charge on any atom is 0.292 e. The quantitative estimate of drug-likeness (QED) is 0.535. The molecular formula is C19H19N5O2S. The smallest absolute Gasteiger partial charge is 0.267 e. The summed E-state index contributed by atoms with van der Waals surface area (Å²) in [5, 5.41) is 12.3. The number of aromatic nitrogens is 3. The number of hydrazone groups is 1. The standard InChI is InChI=1S/C19H19N5O2S/c25-17-15-9-5-4-8-14(15)16(22-24-17)18(26)23-21-11-13-10-20-19(27-13)12-6-2-1-3-7-12/h4-5,8-12H,1-3,6-7H2,(H,23,26)(H,24,25)/b21-11+. The Hall–Kier alpha value is -2.87. The maximum atomic E-state index is 12.4. The third kappa shape index (κ3) is 3.80. The van der Waals surface area contributed by atoms with Crippen LogP contribution >= 0.6 is 11.3 Å². The van der Waals surface area contributed by atoms with E-state index in [9.17, 15) is 9.59 Å². The first-order chi connectivity index (χ1) is 13.2. The minimum absolute atomic E-state index is 0.134. The summed E-state index contributed by atoms with van der Waals surface area (Å²) in [5.41, 5.74) is 2.28. The van der Waals surface area contributed by atoms with Crippen LogP contribution in [0.2, 0.25) is 0 Å². The van der Waals surface area contributed by atoms with Crippen molar-refractivity contribution in [3.63, 3.8) is 0 Å². The third-order valence-corrected chi connectivity index (χ3v) is 5.86. The molecule has 2 aromatic heterocycles. The van der Waals surface area contributed by atoms with Gasteiger partial charge in [0.1, 0.15) is 0 Å². The second-order valence-corrected chi connectivity index (χ2v) is 7.68. The Balaban J connectivity index is 1.46. The number of hydrogen-bond donors (Lipinski definition) is 2. The van der Waals surface area contributed by atoms with Gasteiger partial charge in [0.15, 0.2) is 5.69 Å². The summed E-state index contributed by atoms with van der Waals surface area (Å²) in [6.45, 7) is 0. The molecule has 1 amide bonds. The molecule has 0 aliphatic heterocycles. The zero-order valence-corrected chi connectivity index (χ0v) is 15.5. The summed E-state index contributed by atoms with van der Waals surface area (Å²) in [6.07, 6.45) is 9.63. The molecule has 2 N–H and O–H groups in total. The van der Waals surface area contributed by atoms with Crippen molar-refractivity contribution in [1.82, 2.24) is 20.6 Å². The van der Waals surface area contributed by atoms with E-state index in [0.717, 1.165) is 9.88 Å². The average molecular weight is 381 g/mol. The first kappa shape index (κ1) is 17.5. The fourth-order valence-corrected chi connectivity index (χ4v) is 4.35. The lowest BCUT2D eigenvalue weighted by atomic mass is 9.90. The highest BCUT2D eigenvalue weighted by molar-refractivity contribution is 7.13. The number of nitrogens with zero attached hydrogens (tertiary/aromatic N) is 3. The predicted octanol–water partition coefficient (Wildman–Crippen LogP) is 3.19. The van der Waals surface area contributed by atoms with Crippen LogP contribution in [0.1, 0.15) is 58.4 Å². The highest BCUT2D eigenvalue weighted by atomic mass is 32.1. The molecule has 0 atom stereocenters. The monoisotopic (exact) mass is 381 g/mol. The second-order valence-electron chi connectivity index (χ2n) is 6.58. The number of nitrogens with one attached hydrogen (secondary N) is 2. The molecule has 8 heteroatoms. The van der Waals surface area contributed by atoms with Crippen molar-refractivity contribution < 1.29 is 4.79 Å². The summed E-state index contributed by atoms with van der Waals surface area (Å²) >= 11 is 1.62. The van der Waals surface area contributed by atoms with Crippen LogP contribution in [0.25, 0.3) is 10.8 Å². The Morgan fingerprint density at radius 2 is 2.00 bits per heavy atom. The topological polar surface area (TPSA) is 100 Å². The molecule has 7 nitrogen and oxygen atoms in total. The van der Waals surface area contributed by atoms with Gasteiger partial charge in [-0.3, -0.25) is 9.59 Å². The number of rotatable bonds is 4. The molecule has 138 valence electrons. The van der Waals surface area contributed by atoms with Crippen LogP contribution in [0.15, 0.2) is 40.4 Å². The maximum absolute atomic E-state index is 12.4. The Bertz CT molecular complexity index is 1050. The van der Waals surface area contributed by atoms with Gasteiger partial charge in [0.2, 0.25) is 0 Å². The molecule has 1 fully saturated rings. The molecule has 2 heterocycles. The molecule has 4 rings (SSSR count). The van der Waals surface area contributed by atoms with Gasteiger partial charge in [-0.15, -0.1) is 11.3 Å². The molecule has 3 aromatic rings. The lowest BCUT2D eigenvalue weighted by Crippen LogP contribution is -2.22. The lowest BCUT2D eigenvalue weighted by Gasteiger charge is -2.18. The molecule has 1 aliphatic rings. The van der Waals surface area contributed by atoms with Crippen LogP contribution < -0.4 is 11.0 Å². The number of carbonyl (C=O) groups is 1. The van der Waals surface area contributed by atoms with Crippen molar-refractivity contribution in [3.8, 4) is 0 Å². The number of amides is 1. The Morgan fingerprint density at radius 1 is 1.22 bits per heavy atom. The molecule has 1 aromatic carbocycles. The van der Waals surface area contributed by atoms with Crippen molar-refractivity contribution in [2.45, 2.75) is 38.0 Å². The molecule has 1 aliphatic carbocycles. The number of aromatic amines is 1. The minimum Gasteiger partial charge on any atom is -0.267 e. The van der Waals surface area contributed by atoms with E-state index in [4.69, 9.17) is 0 Å². The third-order valence-electron chi connectivity index (χ3n) is 4.76. The van der Waals surface area contributed by atoms with E-state index in [2.05, 4.69) is 25.7 Å². The normalized spacial score (nSPS) is 15.4. The van der Waals surface area contributed by atoms with E-state index >= 15 is 0 Å². The largest absolute Gasteiger partial charge is 0.292 e. The number of H-pyrrole nitrogens is 1. The van der Waals surface area contributed by atoms with Gasteiger partial charge in [0.05, 0.1) is 21.5 Å². The molecule has 0 radical (unpaired) electrons. The van der Waals surface area contributed by atoms with Gasteiger partial charge in [-0.25, -0.2) is 15.5 Å². The number of benzene rings is 1. The SMILES string of the molecule is O=C(N/N=C/c1cnc(C2CCCCC2)s1)c1n[nH]c(=O)c2ccccc12. The van der Waals surface area contributed by atoms with Gasteiger partial charge in [-0.1, -0.05) is 37.5 Å². The van der Waals surface area contributed by atoms with Crippen LogP contribution in [0.4, 0.5) is 0 Å². The Kier molecular flexibility index (Phi) is 5.06. The van der Waals surface area contributed by atoms with Crippen LogP contribution in [0.3, 0.4) is 0 Å². The van der Waals surface area contributed by atoms with E-state index in [1.54, 1.807) is 48.0 Å². The highest BCUT2D eigenvalue weighted by Gasteiger charge is 2.18. The van der Waals surface area contributed by atoms with Crippen molar-refractivity contribution in [1.29, 1.82) is 0 Å². The Morgan fingerprint density at radius 3 is 2.81 bits per heavy atom. The fraction of sp³-hybridized carbons (Fsp3) is 0.316. The Labute approximate surface area is 159 Å². The van der Waals surface area contributed by atoms with Crippen LogP contribution in [0.5, 0.6) is 0 Å². The van der Waals surface area contributed by atoms with E-state index in [-0.39, 0.29) is 11.3 Å². The summed E-state index contributed by atoms with van der Waals surface area (Å²) in [7, 11) is 0. The summed E-state index contributed by atoms with van der Waals surface area (Å²) in [4.78, 5) is 29.6. The first-order valence-electron chi connectivity index (χ1n) is 8.99. The lowest BCUT2D eigenvalue weighted by molar-refractivity contribution is 0.0951. The first-order valence-corrected chi connectivity index (χ1v) is 9.80. The van der Waals surface area contributed by atoms with E-state index in [1.165, 1.54) is 32.1 Å². The molecule has 0 unspecified atom stereocenters. The van der Waals surface area contributed by atoms with Crippen LogP contribution in [-0.2, 0) is 0 Å². The van der Waals surface area contributed by atoms with E-state index < -0.39 is 5.91 Å². The molecule has 0 saturated heterocycles. The molecule has 1 saturated carbocycles. The van der Waals surface area contributed by atoms with Gasteiger partial charge in [0.25, 0.3) is 11.5 Å². The minimum atomic E-state index is -0.476. The van der Waals surface area contributed by atoms with Crippen molar-refractivity contribution >= 4 is 34.2 Å². The van der Waals surface area contributed by atoms with Crippen LogP contribution in [0, 0.1) is 0 Å². The zero-order chi connectivity index (χ0) is 18.6. The van der Waals surface area contributed by atoms with Crippen molar-refractivity contribution in [2.75, 3.05) is 0 Å². The number of hydrogen-bond acceptors (Lipinski definition) is 6. The van der Waals surface area contributed by atoms with Gasteiger partial charge in [0, 0.05) is 17.5 Å². The van der Waals surface area contributed by atoms with Gasteiger partial charge < -0.3 is 0 Å². The fourth-order valence-electron chi connectivity index (χ4n) is 3.39. The highest BCUT2D eigenvalue weighted by Crippen LogP contribution is 2.34. The van der Waals surface area contributed by atoms with Crippen molar-refractivity contribution in [3.05, 3.63) is 56.4 Å². The molecule has 27 heavy (non-hydrogen) atoms. The number of carbonyl (C=O) groups excluding carboxylic acids is 1. The van der Waals surface area contributed by atoms with Gasteiger partial charge >= 0.3 is 0 Å². The zero-order valence-electron chi connectivity index (χ0n) is 14.6. The number of thiazole rings is 1. The van der Waals surface area contributed by atoms with Gasteiger partial charge in [-0.2, -0.15) is 10.2 Å². The van der Waals surface area contributed by atoms with E-state index in [1.807, 2.05) is 0 Å². The molecular weight excluding hydrogens is 362 g/mol. The summed E-state index contributed by atoms with van der Waals surface area (Å²) < 4.78 is 0. The summed E-state index contributed by atoms with van der Waals surface area (Å²) in [5.74, 6) is 0.0768. The van der Waals surface area contributed by atoms with E-state index in [0.29, 0.717) is 16.7 Å². The summed E-state index contributed by atoms with van der Waals surface area (Å²) in [6, 6.07) is 6.84. The molecule has 0 spiro atoms. The average Bonchev–Trinajstić information content (AvgIpc) is 3.18. The number of fused-ring (bicyclic) bond motifs is 1. The second kappa shape index (κ2) is 7.79. The van der Waals surface area contributed by atoms with Crippen molar-refractivity contribution in [2.24, 2.45) is 5.10 Å². The van der Waals surface area contributed by atoms with Gasteiger partial charge in [-0.05, 0) is 18.9 Å². The molecule has 0 bridgehead atoms. The van der Waals surface area contributed by atoms with Crippen LogP contribution in [-0.4, -0.2) is 27.3 Å². The predicted molar refractivity (Wildman–Crippen MR) is 105 cm³/mol.